The van der Waals surface area contributed by atoms with E-state index in [1.807, 2.05) is 0 Å². The van der Waals surface area contributed by atoms with Crippen LogP contribution < -0.4 is 5.56 Å². The number of nitrogens with zero attached hydrogens (tertiary/aromatic N) is 2. The van der Waals surface area contributed by atoms with E-state index in [0.717, 1.165) is 25.1 Å². The van der Waals surface area contributed by atoms with Crippen molar-refractivity contribution >= 4 is 35.2 Å². The Morgan fingerprint density at radius 2 is 1.96 bits per heavy atom. The number of rotatable bonds is 3. The fraction of sp³-hybridized carbons (Fsp3) is 0.133. The topological polar surface area (TPSA) is 72.2 Å². The molecule has 1 heterocycles. The van der Waals surface area contributed by atoms with Crippen LogP contribution in [0.3, 0.4) is 0 Å². The fourth-order valence-corrected chi connectivity index (χ4v) is 2.34. The quantitative estimate of drug-likeness (QED) is 0.612. The minimum absolute atomic E-state index is 0.0679. The Balaban J connectivity index is 2.70. The van der Waals surface area contributed by atoms with Gasteiger partial charge >= 0.3 is 12.1 Å². The summed E-state index contributed by atoms with van der Waals surface area (Å²) < 4.78 is 53.1. The summed E-state index contributed by atoms with van der Waals surface area (Å²) in [5, 5.41) is 11.3. The molecule has 0 atom stereocenters. The average molecular weight is 411 g/mol. The second kappa shape index (κ2) is 7.08. The summed E-state index contributed by atoms with van der Waals surface area (Å²) in [5.41, 5.74) is -3.70. The number of carboxylic acid groups (broad SMARTS) is 1. The van der Waals surface area contributed by atoms with Crippen LogP contribution in [0.25, 0.3) is 11.8 Å². The lowest BCUT2D eigenvalue weighted by molar-refractivity contribution is -0.138. The predicted octanol–water partition coefficient (Wildman–Crippen LogP) is 4.02. The zero-order valence-electron chi connectivity index (χ0n) is 12.7. The fourth-order valence-electron chi connectivity index (χ4n) is 2.02. The van der Waals surface area contributed by atoms with Crippen LogP contribution in [0.15, 0.2) is 28.2 Å². The molecule has 1 aromatic heterocycles. The van der Waals surface area contributed by atoms with Crippen molar-refractivity contribution in [2.45, 2.75) is 13.1 Å². The van der Waals surface area contributed by atoms with E-state index in [4.69, 9.17) is 28.3 Å². The monoisotopic (exact) mass is 410 g/mol. The van der Waals surface area contributed by atoms with Crippen molar-refractivity contribution in [1.82, 2.24) is 9.78 Å². The average Bonchev–Trinajstić information content (AvgIpc) is 2.51. The normalized spacial score (nSPS) is 12.3. The predicted molar refractivity (Wildman–Crippen MR) is 86.0 cm³/mol. The number of alkyl halides is 3. The van der Waals surface area contributed by atoms with Crippen LogP contribution in [-0.4, -0.2) is 20.9 Å². The van der Waals surface area contributed by atoms with E-state index in [1.165, 1.54) is 0 Å². The molecular formula is C15H8Cl2F4N2O3. The number of benzene rings is 1. The van der Waals surface area contributed by atoms with E-state index >= 15 is 0 Å². The molecule has 0 aliphatic carbocycles. The number of halogens is 6. The molecule has 0 saturated carbocycles. The van der Waals surface area contributed by atoms with Gasteiger partial charge in [-0.3, -0.25) is 4.79 Å². The van der Waals surface area contributed by atoms with Crippen molar-refractivity contribution < 1.29 is 27.5 Å². The van der Waals surface area contributed by atoms with Gasteiger partial charge in [0.05, 0.1) is 16.8 Å². The highest BCUT2D eigenvalue weighted by Crippen LogP contribution is 2.30. The molecule has 0 aliphatic heterocycles. The molecular weight excluding hydrogens is 403 g/mol. The highest BCUT2D eigenvalue weighted by Gasteiger charge is 2.34. The standard InChI is InChI=1S/C15H8Cl2F4N2O3/c1-6-8(15(19,20)21)5-22-23(13(6)24)12-3-7(2-10(17)14(25)26)9(16)4-11(12)18/h2-5H,1H3,(H,25,26)/b10-2-. The Morgan fingerprint density at radius 1 is 1.35 bits per heavy atom. The minimum Gasteiger partial charge on any atom is -0.477 e. The highest BCUT2D eigenvalue weighted by atomic mass is 35.5. The van der Waals surface area contributed by atoms with Crippen LogP contribution in [0.5, 0.6) is 0 Å². The third kappa shape index (κ3) is 3.88. The lowest BCUT2D eigenvalue weighted by atomic mass is 10.1. The van der Waals surface area contributed by atoms with Gasteiger partial charge < -0.3 is 5.11 Å². The molecule has 26 heavy (non-hydrogen) atoms. The maximum atomic E-state index is 14.2. The summed E-state index contributed by atoms with van der Waals surface area (Å²) in [7, 11) is 0. The van der Waals surface area contributed by atoms with Gasteiger partial charge in [0, 0.05) is 5.56 Å². The maximum Gasteiger partial charge on any atom is 0.418 e. The number of hydrogen-bond donors (Lipinski definition) is 1. The van der Waals surface area contributed by atoms with Crippen molar-refractivity contribution in [1.29, 1.82) is 0 Å². The summed E-state index contributed by atoms with van der Waals surface area (Å²) in [6, 6.07) is 1.71. The molecule has 5 nitrogen and oxygen atoms in total. The lowest BCUT2D eigenvalue weighted by Gasteiger charge is -2.13. The molecule has 2 rings (SSSR count). The molecule has 11 heteroatoms. The van der Waals surface area contributed by atoms with Gasteiger partial charge in [-0.15, -0.1) is 0 Å². The molecule has 0 saturated heterocycles. The number of carbonyl (C=O) groups is 1. The van der Waals surface area contributed by atoms with Gasteiger partial charge in [0.1, 0.15) is 10.7 Å². The molecule has 2 aromatic rings. The van der Waals surface area contributed by atoms with Crippen LogP contribution in [0.4, 0.5) is 17.6 Å². The summed E-state index contributed by atoms with van der Waals surface area (Å²) in [5.74, 6) is -2.53. The van der Waals surface area contributed by atoms with E-state index in [2.05, 4.69) is 5.10 Å². The summed E-state index contributed by atoms with van der Waals surface area (Å²) >= 11 is 11.3. The second-order valence-corrected chi connectivity index (χ2v) is 5.83. The first kappa shape index (κ1) is 19.9. The minimum atomic E-state index is -4.79. The highest BCUT2D eigenvalue weighted by molar-refractivity contribution is 6.43. The number of carboxylic acids is 1. The molecule has 0 spiro atoms. The maximum absolute atomic E-state index is 14.2. The molecule has 0 amide bonds. The lowest BCUT2D eigenvalue weighted by Crippen LogP contribution is -2.28. The van der Waals surface area contributed by atoms with Crippen LogP contribution in [0.1, 0.15) is 16.7 Å². The Morgan fingerprint density at radius 3 is 2.50 bits per heavy atom. The largest absolute Gasteiger partial charge is 0.477 e. The number of aromatic nitrogens is 2. The van der Waals surface area contributed by atoms with E-state index in [-0.39, 0.29) is 10.6 Å². The Bertz CT molecular complexity index is 984. The van der Waals surface area contributed by atoms with Gasteiger partial charge in [-0.2, -0.15) is 23.0 Å². The van der Waals surface area contributed by atoms with Crippen molar-refractivity contribution in [3.63, 3.8) is 0 Å². The van der Waals surface area contributed by atoms with E-state index in [0.29, 0.717) is 10.9 Å². The van der Waals surface area contributed by atoms with Crippen LogP contribution in [-0.2, 0) is 11.0 Å². The third-order valence-electron chi connectivity index (χ3n) is 3.31. The molecule has 0 unspecified atom stereocenters. The second-order valence-electron chi connectivity index (χ2n) is 5.02. The zero-order chi connectivity index (χ0) is 19.8. The van der Waals surface area contributed by atoms with Gasteiger partial charge in [0.2, 0.25) is 0 Å². The van der Waals surface area contributed by atoms with Crippen molar-refractivity contribution in [2.24, 2.45) is 0 Å². The Hall–Kier alpha value is -2.39. The molecule has 1 aromatic carbocycles. The summed E-state index contributed by atoms with van der Waals surface area (Å²) in [6.45, 7) is 0.930. The molecule has 0 aliphatic rings. The van der Waals surface area contributed by atoms with Gasteiger partial charge in [-0.05, 0) is 30.7 Å². The van der Waals surface area contributed by atoms with Gasteiger partial charge in [-0.25, -0.2) is 9.18 Å². The third-order valence-corrected chi connectivity index (χ3v) is 3.90. The van der Waals surface area contributed by atoms with E-state index < -0.39 is 45.4 Å². The zero-order valence-corrected chi connectivity index (χ0v) is 14.2. The van der Waals surface area contributed by atoms with E-state index in [9.17, 15) is 27.2 Å². The van der Waals surface area contributed by atoms with Crippen LogP contribution in [0.2, 0.25) is 5.02 Å². The molecule has 138 valence electrons. The molecule has 1 N–H and O–H groups in total. The van der Waals surface area contributed by atoms with E-state index in [1.54, 1.807) is 0 Å². The molecule has 0 bridgehead atoms. The first-order chi connectivity index (χ1) is 11.9. The first-order valence-corrected chi connectivity index (χ1v) is 7.45. The summed E-state index contributed by atoms with van der Waals surface area (Å²) in [6.07, 6.45) is -3.50. The van der Waals surface area contributed by atoms with Crippen LogP contribution >= 0.6 is 23.2 Å². The summed E-state index contributed by atoms with van der Waals surface area (Å²) in [4.78, 5) is 23.0. The van der Waals surface area contributed by atoms with Crippen molar-refractivity contribution in [3.8, 4) is 5.69 Å². The molecule has 0 fully saturated rings. The van der Waals surface area contributed by atoms with Gasteiger partial charge in [-0.1, -0.05) is 23.2 Å². The molecule has 0 radical (unpaired) electrons. The first-order valence-electron chi connectivity index (χ1n) is 6.69. The number of hydrogen-bond acceptors (Lipinski definition) is 3. The smallest absolute Gasteiger partial charge is 0.418 e. The Kier molecular flexibility index (Phi) is 5.43. The Labute approximate surface area is 153 Å². The number of aliphatic carboxylic acids is 1. The van der Waals surface area contributed by atoms with Gasteiger partial charge in [0.15, 0.2) is 5.82 Å². The SMILES string of the molecule is Cc1c(C(F)(F)F)cnn(-c2cc(/C=C(\Cl)C(=O)O)c(Cl)cc2F)c1=O. The van der Waals surface area contributed by atoms with Gasteiger partial charge in [0.25, 0.3) is 5.56 Å². The van der Waals surface area contributed by atoms with Crippen molar-refractivity contribution in [2.75, 3.05) is 0 Å². The van der Waals surface area contributed by atoms with Crippen LogP contribution in [0, 0.1) is 12.7 Å². The van der Waals surface area contributed by atoms with Crippen molar-refractivity contribution in [3.05, 3.63) is 61.2 Å².